The van der Waals surface area contributed by atoms with Gasteiger partial charge in [-0.2, -0.15) is 17.4 Å². The molecule has 1 N–H and O–H groups in total. The van der Waals surface area contributed by atoms with Gasteiger partial charge in [-0.25, -0.2) is 0 Å². The lowest BCUT2D eigenvalue weighted by atomic mass is 10.8. The Kier molecular flexibility index (Phi) is 8.30. The van der Waals surface area contributed by atoms with Crippen molar-refractivity contribution in [2.45, 2.75) is 23.4 Å². The molecule has 1 atom stereocenters. The van der Waals surface area contributed by atoms with Gasteiger partial charge in [0.2, 0.25) is 3.79 Å². The van der Waals surface area contributed by atoms with Gasteiger partial charge < -0.3 is 9.05 Å². The van der Waals surface area contributed by atoms with E-state index in [-0.39, 0.29) is 13.2 Å². The van der Waals surface area contributed by atoms with Crippen molar-refractivity contribution < 1.29 is 22.0 Å². The molecule has 0 aromatic heterocycles. The maximum atomic E-state index is 12.6. The first-order valence-corrected chi connectivity index (χ1v) is 9.74. The molecule has 0 heterocycles. The van der Waals surface area contributed by atoms with Crippen molar-refractivity contribution in [3.63, 3.8) is 0 Å². The summed E-state index contributed by atoms with van der Waals surface area (Å²) in [5, 5.41) is 0. The van der Waals surface area contributed by atoms with Crippen LogP contribution in [0.4, 0.5) is 0 Å². The molecule has 7 nitrogen and oxygen atoms in total. The van der Waals surface area contributed by atoms with E-state index in [1.54, 1.807) is 13.8 Å². The second-order valence-electron chi connectivity index (χ2n) is 3.72. The smallest absolute Gasteiger partial charge is 0.308 e. The van der Waals surface area contributed by atoms with Crippen LogP contribution in [-0.2, 0) is 23.8 Å². The summed E-state index contributed by atoms with van der Waals surface area (Å²) in [6.45, 7) is 3.11. The van der Waals surface area contributed by atoms with E-state index in [0.29, 0.717) is 0 Å². The third-order valence-electron chi connectivity index (χ3n) is 1.99. The van der Waals surface area contributed by atoms with Crippen LogP contribution in [0.1, 0.15) is 13.8 Å². The summed E-state index contributed by atoms with van der Waals surface area (Å²) in [4.78, 5) is 0. The standard InChI is InChI=1S/C8H18Cl3N2O5PS/c1-5-17-19(14,18-6-2)7(8(9,10)11)12-20(15,16)13(3)4/h7,12H,5-6H2,1-4H3/t7-/m1/s1. The van der Waals surface area contributed by atoms with Gasteiger partial charge in [-0.05, 0) is 13.8 Å². The van der Waals surface area contributed by atoms with Crippen LogP contribution in [0.5, 0.6) is 0 Å². The minimum absolute atomic E-state index is 0.00177. The lowest BCUT2D eigenvalue weighted by Crippen LogP contribution is -2.48. The van der Waals surface area contributed by atoms with Gasteiger partial charge in [-0.1, -0.05) is 34.8 Å². The summed E-state index contributed by atoms with van der Waals surface area (Å²) in [7, 11) is -5.47. The minimum Gasteiger partial charge on any atom is -0.308 e. The van der Waals surface area contributed by atoms with Crippen molar-refractivity contribution in [3.05, 3.63) is 0 Å². The lowest BCUT2D eigenvalue weighted by Gasteiger charge is -2.31. The van der Waals surface area contributed by atoms with Gasteiger partial charge in [-0.15, -0.1) is 0 Å². The van der Waals surface area contributed by atoms with E-state index < -0.39 is 27.4 Å². The zero-order valence-electron chi connectivity index (χ0n) is 11.5. The van der Waals surface area contributed by atoms with E-state index in [1.807, 2.05) is 4.72 Å². The van der Waals surface area contributed by atoms with Gasteiger partial charge in [0.05, 0.1) is 13.2 Å². The van der Waals surface area contributed by atoms with Crippen LogP contribution >= 0.6 is 42.4 Å². The Labute approximate surface area is 134 Å². The molecule has 0 saturated heterocycles. The predicted octanol–water partition coefficient (Wildman–Crippen LogP) is 2.34. The molecule has 0 amide bonds. The van der Waals surface area contributed by atoms with E-state index in [0.717, 1.165) is 4.31 Å². The molecular formula is C8H18Cl3N2O5PS. The van der Waals surface area contributed by atoms with Crippen molar-refractivity contribution in [3.8, 4) is 0 Å². The van der Waals surface area contributed by atoms with Crippen molar-refractivity contribution in [1.29, 1.82) is 0 Å². The third-order valence-corrected chi connectivity index (χ3v) is 7.15. The van der Waals surface area contributed by atoms with E-state index in [4.69, 9.17) is 43.9 Å². The first kappa shape index (κ1) is 20.9. The summed E-state index contributed by atoms with van der Waals surface area (Å²) >= 11 is 17.2. The van der Waals surface area contributed by atoms with E-state index in [9.17, 15) is 13.0 Å². The number of nitrogens with one attached hydrogen (secondary N) is 1. The Morgan fingerprint density at radius 1 is 1.20 bits per heavy atom. The Morgan fingerprint density at radius 3 is 1.85 bits per heavy atom. The van der Waals surface area contributed by atoms with Crippen molar-refractivity contribution in [2.24, 2.45) is 0 Å². The molecule has 0 saturated carbocycles. The lowest BCUT2D eigenvalue weighted by molar-refractivity contribution is 0.210. The zero-order chi connectivity index (χ0) is 16.2. The highest BCUT2D eigenvalue weighted by Crippen LogP contribution is 2.59. The van der Waals surface area contributed by atoms with Crippen molar-refractivity contribution >= 4 is 52.6 Å². The molecule has 0 bridgehead atoms. The summed E-state index contributed by atoms with van der Waals surface area (Å²) in [5.74, 6) is -1.67. The number of hydrogen-bond donors (Lipinski definition) is 1. The topological polar surface area (TPSA) is 84.9 Å². The van der Waals surface area contributed by atoms with Crippen LogP contribution in [0.3, 0.4) is 0 Å². The molecule has 0 radical (unpaired) electrons. The quantitative estimate of drug-likeness (QED) is 0.507. The first-order chi connectivity index (χ1) is 8.90. The summed E-state index contributed by atoms with van der Waals surface area (Å²) in [6.07, 6.45) is 0. The summed E-state index contributed by atoms with van der Waals surface area (Å²) in [6, 6.07) is 0. The first-order valence-electron chi connectivity index (χ1n) is 5.56. The van der Waals surface area contributed by atoms with Crippen LogP contribution in [0.25, 0.3) is 0 Å². The fraction of sp³-hybridized carbons (Fsp3) is 1.00. The maximum Gasteiger partial charge on any atom is 0.352 e. The van der Waals surface area contributed by atoms with Crippen LogP contribution in [0, 0.1) is 0 Å². The Hall–Kier alpha value is 0.890. The van der Waals surface area contributed by atoms with E-state index in [1.165, 1.54) is 14.1 Å². The Morgan fingerprint density at radius 2 is 1.60 bits per heavy atom. The fourth-order valence-electron chi connectivity index (χ4n) is 1.10. The number of rotatable bonds is 8. The highest BCUT2D eigenvalue weighted by molar-refractivity contribution is 7.87. The minimum atomic E-state index is -4.00. The largest absolute Gasteiger partial charge is 0.352 e. The van der Waals surface area contributed by atoms with E-state index >= 15 is 0 Å². The van der Waals surface area contributed by atoms with Crippen LogP contribution in [-0.4, -0.2) is 49.6 Å². The van der Waals surface area contributed by atoms with Crippen LogP contribution in [0.15, 0.2) is 0 Å². The number of nitrogens with zero attached hydrogens (tertiary/aromatic N) is 1. The molecule has 0 aliphatic carbocycles. The van der Waals surface area contributed by atoms with Gasteiger partial charge in [0.15, 0.2) is 5.78 Å². The molecule has 0 aromatic rings. The summed E-state index contributed by atoms with van der Waals surface area (Å²) < 4.78 is 47.0. The molecule has 0 aromatic carbocycles. The number of alkyl halides is 3. The van der Waals surface area contributed by atoms with Crippen LogP contribution in [0.2, 0.25) is 0 Å². The second-order valence-corrected chi connectivity index (χ2v) is 10.1. The highest BCUT2D eigenvalue weighted by atomic mass is 35.6. The highest BCUT2D eigenvalue weighted by Gasteiger charge is 2.51. The molecular weight excluding hydrogens is 373 g/mol. The Bertz CT molecular complexity index is 444. The molecule has 0 spiro atoms. The third kappa shape index (κ3) is 5.94. The van der Waals surface area contributed by atoms with Gasteiger partial charge in [0, 0.05) is 14.1 Å². The van der Waals surface area contributed by atoms with Crippen molar-refractivity contribution in [2.75, 3.05) is 27.3 Å². The molecule has 0 unspecified atom stereocenters. The maximum absolute atomic E-state index is 12.6. The second kappa shape index (κ2) is 7.94. The average Bonchev–Trinajstić information content (AvgIpc) is 2.24. The van der Waals surface area contributed by atoms with Crippen molar-refractivity contribution in [1.82, 2.24) is 9.03 Å². The van der Waals surface area contributed by atoms with Crippen LogP contribution < -0.4 is 4.72 Å². The number of halogens is 3. The predicted molar refractivity (Wildman–Crippen MR) is 80.7 cm³/mol. The Balaban J connectivity index is 5.62. The molecule has 122 valence electrons. The molecule has 0 fully saturated rings. The average molecular weight is 392 g/mol. The van der Waals surface area contributed by atoms with Gasteiger partial charge in [0.25, 0.3) is 10.2 Å². The summed E-state index contributed by atoms with van der Waals surface area (Å²) in [5.41, 5.74) is 0. The molecule has 0 rings (SSSR count). The monoisotopic (exact) mass is 390 g/mol. The number of hydrogen-bond acceptors (Lipinski definition) is 5. The molecule has 0 aliphatic rings. The molecule has 12 heteroatoms. The SMILES string of the molecule is CCOP(=O)(OCC)[C@@H](NS(=O)(=O)N(C)C)C(Cl)(Cl)Cl. The van der Waals surface area contributed by atoms with Gasteiger partial charge in [-0.3, -0.25) is 4.57 Å². The molecule has 0 aliphatic heterocycles. The van der Waals surface area contributed by atoms with E-state index in [2.05, 4.69) is 0 Å². The molecule has 20 heavy (non-hydrogen) atoms. The zero-order valence-corrected chi connectivity index (χ0v) is 15.4. The van der Waals surface area contributed by atoms with Gasteiger partial charge in [0.1, 0.15) is 0 Å². The normalized spacial score (nSPS) is 15.6. The fourth-order valence-corrected chi connectivity index (χ4v) is 5.57. The van der Waals surface area contributed by atoms with Gasteiger partial charge >= 0.3 is 7.60 Å².